The van der Waals surface area contributed by atoms with E-state index in [1.165, 1.54) is 32.2 Å². The van der Waals surface area contributed by atoms with Crippen molar-refractivity contribution < 1.29 is 19.8 Å². The second-order valence-electron chi connectivity index (χ2n) is 4.77. The van der Waals surface area contributed by atoms with E-state index in [4.69, 9.17) is 10.2 Å². The molecule has 0 aliphatic rings. The Hall–Kier alpha value is -0.700. The van der Waals surface area contributed by atoms with Gasteiger partial charge in [-0.1, -0.05) is 31.9 Å². The summed E-state index contributed by atoms with van der Waals surface area (Å²) in [5.41, 5.74) is 2.55. The molecule has 0 atom stereocenters. The molecule has 0 unspecified atom stereocenters. The highest BCUT2D eigenvalue weighted by Gasteiger charge is 2.15. The number of aromatic carboxylic acids is 2. The maximum absolute atomic E-state index is 10.7. The standard InChI is InChI=1S/C8H4Br2O4.C8H8Br2/c9-5-1-3(7(11)12)6(10)2-4(5)8(13)14;1-5-3-8(10)6(2)4-7(5)9/h1-2H,(H,11,12)(H,13,14);3-4H,1-2H3. The Bertz CT molecular complexity index is 713. The minimum atomic E-state index is -1.12. The summed E-state index contributed by atoms with van der Waals surface area (Å²) in [6.45, 7) is 4.16. The first kappa shape index (κ1) is 21.3. The van der Waals surface area contributed by atoms with Crippen LogP contribution < -0.4 is 0 Å². The molecule has 2 N–H and O–H groups in total. The van der Waals surface area contributed by atoms with Crippen LogP contribution in [0.3, 0.4) is 0 Å². The number of carbonyl (C=O) groups is 2. The van der Waals surface area contributed by atoms with Crippen molar-refractivity contribution in [1.82, 2.24) is 0 Å². The maximum Gasteiger partial charge on any atom is 0.336 e. The van der Waals surface area contributed by atoms with Crippen LogP contribution in [0.25, 0.3) is 0 Å². The van der Waals surface area contributed by atoms with Gasteiger partial charge in [-0.3, -0.25) is 0 Å². The Morgan fingerprint density at radius 3 is 1.21 bits per heavy atom. The summed E-state index contributed by atoms with van der Waals surface area (Å²) in [5.74, 6) is -2.23. The molecule has 0 saturated heterocycles. The zero-order valence-electron chi connectivity index (χ0n) is 12.5. The molecule has 0 aliphatic heterocycles. The molecule has 24 heavy (non-hydrogen) atoms. The fraction of sp³-hybridized carbons (Fsp3) is 0.125. The minimum absolute atomic E-state index is 0.0156. The molecule has 2 aromatic carbocycles. The number of halogens is 4. The number of aryl methyl sites for hydroxylation is 2. The van der Waals surface area contributed by atoms with Crippen LogP contribution in [-0.2, 0) is 0 Å². The van der Waals surface area contributed by atoms with Gasteiger partial charge in [-0.25, -0.2) is 9.59 Å². The van der Waals surface area contributed by atoms with E-state index < -0.39 is 11.9 Å². The Morgan fingerprint density at radius 1 is 0.667 bits per heavy atom. The third kappa shape index (κ3) is 5.68. The number of hydrogen-bond acceptors (Lipinski definition) is 2. The normalized spacial score (nSPS) is 9.92. The van der Waals surface area contributed by atoms with Crippen molar-refractivity contribution in [3.05, 3.63) is 64.4 Å². The second kappa shape index (κ2) is 9.12. The first-order valence-corrected chi connectivity index (χ1v) is 9.59. The fourth-order valence-corrected chi connectivity index (χ4v) is 3.56. The summed E-state index contributed by atoms with van der Waals surface area (Å²) in [7, 11) is 0. The summed E-state index contributed by atoms with van der Waals surface area (Å²) >= 11 is 12.9. The van der Waals surface area contributed by atoms with Crippen molar-refractivity contribution in [1.29, 1.82) is 0 Å². The van der Waals surface area contributed by atoms with Gasteiger partial charge in [0.2, 0.25) is 0 Å². The molecule has 0 bridgehead atoms. The lowest BCUT2D eigenvalue weighted by molar-refractivity contribution is 0.0679. The SMILES string of the molecule is Cc1cc(Br)c(C)cc1Br.O=C(O)c1cc(Br)c(C(=O)O)cc1Br. The fourth-order valence-electron chi connectivity index (χ4n) is 1.62. The van der Waals surface area contributed by atoms with E-state index in [9.17, 15) is 9.59 Å². The van der Waals surface area contributed by atoms with Gasteiger partial charge in [0.25, 0.3) is 0 Å². The number of carboxylic acid groups (broad SMARTS) is 2. The van der Waals surface area contributed by atoms with Crippen LogP contribution in [0.2, 0.25) is 0 Å². The Morgan fingerprint density at radius 2 is 0.958 bits per heavy atom. The van der Waals surface area contributed by atoms with Gasteiger partial charge < -0.3 is 10.2 Å². The summed E-state index contributed by atoms with van der Waals surface area (Å²) in [6, 6.07) is 6.71. The first-order valence-electron chi connectivity index (χ1n) is 6.42. The van der Waals surface area contributed by atoms with Gasteiger partial charge in [-0.2, -0.15) is 0 Å². The van der Waals surface area contributed by atoms with Gasteiger partial charge >= 0.3 is 11.9 Å². The highest BCUT2D eigenvalue weighted by atomic mass is 79.9. The smallest absolute Gasteiger partial charge is 0.336 e. The molecular formula is C16H12Br4O4. The Balaban J connectivity index is 0.000000254. The highest BCUT2D eigenvalue weighted by molar-refractivity contribution is 9.11. The topological polar surface area (TPSA) is 74.6 Å². The lowest BCUT2D eigenvalue weighted by Crippen LogP contribution is -2.03. The van der Waals surface area contributed by atoms with Crippen LogP contribution in [0.5, 0.6) is 0 Å². The lowest BCUT2D eigenvalue weighted by atomic mass is 10.1. The van der Waals surface area contributed by atoms with Crippen LogP contribution in [0.1, 0.15) is 31.8 Å². The van der Waals surface area contributed by atoms with Gasteiger partial charge in [-0.15, -0.1) is 0 Å². The highest BCUT2D eigenvalue weighted by Crippen LogP contribution is 2.26. The molecule has 128 valence electrons. The lowest BCUT2D eigenvalue weighted by Gasteiger charge is -2.03. The van der Waals surface area contributed by atoms with E-state index in [1.807, 2.05) is 0 Å². The van der Waals surface area contributed by atoms with Crippen molar-refractivity contribution in [3.63, 3.8) is 0 Å². The maximum atomic E-state index is 10.7. The number of rotatable bonds is 2. The van der Waals surface area contributed by atoms with Crippen LogP contribution in [0, 0.1) is 13.8 Å². The predicted molar refractivity (Wildman–Crippen MR) is 107 cm³/mol. The Labute approximate surface area is 172 Å². The number of carboxylic acids is 2. The van der Waals surface area contributed by atoms with Crippen LogP contribution in [-0.4, -0.2) is 22.2 Å². The molecule has 8 heteroatoms. The van der Waals surface area contributed by atoms with Crippen LogP contribution in [0.4, 0.5) is 0 Å². The summed E-state index contributed by atoms with van der Waals surface area (Å²) in [6.07, 6.45) is 0. The molecule has 2 aromatic rings. The number of hydrogen-bond donors (Lipinski definition) is 2. The molecule has 0 heterocycles. The van der Waals surface area contributed by atoms with Gasteiger partial charge in [0.15, 0.2) is 0 Å². The molecule has 0 aromatic heterocycles. The largest absolute Gasteiger partial charge is 0.478 e. The van der Waals surface area contributed by atoms with E-state index in [0.29, 0.717) is 0 Å². The zero-order chi connectivity index (χ0) is 18.6. The van der Waals surface area contributed by atoms with Crippen molar-refractivity contribution in [2.24, 2.45) is 0 Å². The summed E-state index contributed by atoms with van der Waals surface area (Å²) < 4.78 is 2.83. The van der Waals surface area contributed by atoms with Gasteiger partial charge in [0, 0.05) is 17.9 Å². The van der Waals surface area contributed by atoms with Crippen LogP contribution >= 0.6 is 63.7 Å². The molecule has 2 rings (SSSR count). The molecule has 0 amide bonds. The van der Waals surface area contributed by atoms with Crippen molar-refractivity contribution in [3.8, 4) is 0 Å². The molecule has 0 saturated carbocycles. The van der Waals surface area contributed by atoms with Crippen molar-refractivity contribution >= 4 is 75.7 Å². The van der Waals surface area contributed by atoms with E-state index in [1.54, 1.807) is 0 Å². The molecule has 0 radical (unpaired) electrons. The average molecular weight is 588 g/mol. The minimum Gasteiger partial charge on any atom is -0.478 e. The van der Waals surface area contributed by atoms with Crippen molar-refractivity contribution in [2.75, 3.05) is 0 Å². The first-order chi connectivity index (χ1) is 11.0. The summed E-state index contributed by atoms with van der Waals surface area (Å²) in [5, 5.41) is 17.4. The van der Waals surface area contributed by atoms with E-state index >= 15 is 0 Å². The Kier molecular flexibility index (Phi) is 8.11. The quantitative estimate of drug-likeness (QED) is 0.424. The summed E-state index contributed by atoms with van der Waals surface area (Å²) in [4.78, 5) is 21.3. The molecular weight excluding hydrogens is 576 g/mol. The van der Waals surface area contributed by atoms with Gasteiger partial charge in [0.1, 0.15) is 0 Å². The molecule has 0 fully saturated rings. The van der Waals surface area contributed by atoms with Gasteiger partial charge in [0.05, 0.1) is 11.1 Å². The molecule has 0 spiro atoms. The van der Waals surface area contributed by atoms with E-state index in [-0.39, 0.29) is 20.1 Å². The molecule has 0 aliphatic carbocycles. The third-order valence-electron chi connectivity index (χ3n) is 2.96. The van der Waals surface area contributed by atoms with Crippen molar-refractivity contribution in [2.45, 2.75) is 13.8 Å². The zero-order valence-corrected chi connectivity index (χ0v) is 18.9. The number of benzene rings is 2. The molecule has 4 nitrogen and oxygen atoms in total. The van der Waals surface area contributed by atoms with E-state index in [2.05, 4.69) is 89.7 Å². The third-order valence-corrected chi connectivity index (χ3v) is 5.98. The second-order valence-corrected chi connectivity index (χ2v) is 8.19. The van der Waals surface area contributed by atoms with E-state index in [0.717, 1.165) is 0 Å². The monoisotopic (exact) mass is 584 g/mol. The average Bonchev–Trinajstić information content (AvgIpc) is 2.47. The van der Waals surface area contributed by atoms with Crippen LogP contribution in [0.15, 0.2) is 42.2 Å². The predicted octanol–water partition coefficient (Wildman–Crippen LogP) is 6.44. The van der Waals surface area contributed by atoms with Gasteiger partial charge in [-0.05, 0) is 81.1 Å².